The van der Waals surface area contributed by atoms with Gasteiger partial charge >= 0.3 is 0 Å². The van der Waals surface area contributed by atoms with Crippen molar-refractivity contribution in [1.29, 1.82) is 0 Å². The van der Waals surface area contributed by atoms with Crippen LogP contribution in [0.4, 0.5) is 5.95 Å². The standard InChI is InChI=1S/C17H26N4O2/c1-5-17(14-21(8-1)16-18-6-2-7-19-16)13-20(9-12-23-17)15-3-10-22-11-4-15/h2,6-7,15H,1,3-5,8-14H2/t17-/m0/s1. The minimum atomic E-state index is -0.0615. The van der Waals surface area contributed by atoms with Gasteiger partial charge in [0.05, 0.1) is 18.8 Å². The van der Waals surface area contributed by atoms with Gasteiger partial charge in [-0.2, -0.15) is 0 Å². The molecule has 0 bridgehead atoms. The topological polar surface area (TPSA) is 50.7 Å². The zero-order chi connectivity index (χ0) is 15.5. The van der Waals surface area contributed by atoms with E-state index in [1.165, 1.54) is 0 Å². The lowest BCUT2D eigenvalue weighted by Gasteiger charge is -2.50. The highest BCUT2D eigenvalue weighted by atomic mass is 16.5. The highest BCUT2D eigenvalue weighted by molar-refractivity contribution is 5.31. The molecule has 1 aromatic rings. The maximum absolute atomic E-state index is 6.31. The zero-order valence-corrected chi connectivity index (χ0v) is 13.7. The van der Waals surface area contributed by atoms with Crippen LogP contribution in [0, 0.1) is 0 Å². The molecule has 6 heteroatoms. The molecule has 3 fully saturated rings. The summed E-state index contributed by atoms with van der Waals surface area (Å²) >= 11 is 0. The van der Waals surface area contributed by atoms with Gasteiger partial charge in [0.1, 0.15) is 0 Å². The number of anilines is 1. The van der Waals surface area contributed by atoms with Gasteiger partial charge in [-0.1, -0.05) is 0 Å². The van der Waals surface area contributed by atoms with Gasteiger partial charge in [-0.05, 0) is 31.7 Å². The van der Waals surface area contributed by atoms with Crippen molar-refractivity contribution in [3.63, 3.8) is 0 Å². The number of hydrogen-bond donors (Lipinski definition) is 0. The summed E-state index contributed by atoms with van der Waals surface area (Å²) in [6.45, 7) is 6.64. The summed E-state index contributed by atoms with van der Waals surface area (Å²) < 4.78 is 11.8. The maximum atomic E-state index is 6.31. The summed E-state index contributed by atoms with van der Waals surface area (Å²) in [7, 11) is 0. The number of nitrogens with zero attached hydrogens (tertiary/aromatic N) is 4. The van der Waals surface area contributed by atoms with Crippen LogP contribution in [0.25, 0.3) is 0 Å². The summed E-state index contributed by atoms with van der Waals surface area (Å²) in [6, 6.07) is 2.53. The van der Waals surface area contributed by atoms with E-state index in [2.05, 4.69) is 19.8 Å². The van der Waals surface area contributed by atoms with Gasteiger partial charge in [0.2, 0.25) is 5.95 Å². The van der Waals surface area contributed by atoms with Crippen LogP contribution in [0.15, 0.2) is 18.5 Å². The van der Waals surface area contributed by atoms with Crippen LogP contribution in [-0.4, -0.2) is 72.5 Å². The highest BCUT2D eigenvalue weighted by Crippen LogP contribution is 2.32. The predicted octanol–water partition coefficient (Wildman–Crippen LogP) is 1.33. The monoisotopic (exact) mass is 318 g/mol. The molecule has 0 amide bonds. The molecular weight excluding hydrogens is 292 g/mol. The molecule has 0 saturated carbocycles. The van der Waals surface area contributed by atoms with E-state index in [1.807, 2.05) is 18.5 Å². The molecule has 126 valence electrons. The van der Waals surface area contributed by atoms with Gasteiger partial charge in [-0.25, -0.2) is 9.97 Å². The largest absolute Gasteiger partial charge is 0.381 e. The molecule has 0 aliphatic carbocycles. The van der Waals surface area contributed by atoms with Crippen molar-refractivity contribution in [3.05, 3.63) is 18.5 Å². The van der Waals surface area contributed by atoms with Gasteiger partial charge in [0.25, 0.3) is 0 Å². The van der Waals surface area contributed by atoms with E-state index in [0.717, 1.165) is 77.6 Å². The lowest BCUT2D eigenvalue weighted by Crippen LogP contribution is -2.62. The molecule has 0 N–H and O–H groups in total. The second kappa shape index (κ2) is 6.71. The number of aromatic nitrogens is 2. The molecule has 1 spiro atoms. The van der Waals surface area contributed by atoms with E-state index in [9.17, 15) is 0 Å². The first-order valence-corrected chi connectivity index (χ1v) is 8.82. The van der Waals surface area contributed by atoms with Crippen molar-refractivity contribution < 1.29 is 9.47 Å². The van der Waals surface area contributed by atoms with Gasteiger partial charge in [0.15, 0.2) is 0 Å². The van der Waals surface area contributed by atoms with Crippen molar-refractivity contribution >= 4 is 5.95 Å². The summed E-state index contributed by atoms with van der Waals surface area (Å²) in [5.74, 6) is 0.832. The van der Waals surface area contributed by atoms with Gasteiger partial charge in [-0.3, -0.25) is 4.90 Å². The van der Waals surface area contributed by atoms with E-state index in [-0.39, 0.29) is 5.60 Å². The Bertz CT molecular complexity index is 505. The average Bonchev–Trinajstić information content (AvgIpc) is 2.63. The van der Waals surface area contributed by atoms with E-state index >= 15 is 0 Å². The lowest BCUT2D eigenvalue weighted by molar-refractivity contribution is -0.131. The molecule has 1 atom stereocenters. The van der Waals surface area contributed by atoms with E-state index in [0.29, 0.717) is 6.04 Å². The Morgan fingerprint density at radius 2 is 1.87 bits per heavy atom. The third-order valence-electron chi connectivity index (χ3n) is 5.36. The number of hydrogen-bond acceptors (Lipinski definition) is 6. The summed E-state index contributed by atoms with van der Waals surface area (Å²) in [5.41, 5.74) is -0.0615. The van der Waals surface area contributed by atoms with Crippen LogP contribution >= 0.6 is 0 Å². The fourth-order valence-corrected chi connectivity index (χ4v) is 4.21. The molecule has 0 radical (unpaired) electrons. The Morgan fingerprint density at radius 3 is 2.70 bits per heavy atom. The molecule has 1 aromatic heterocycles. The molecule has 23 heavy (non-hydrogen) atoms. The maximum Gasteiger partial charge on any atom is 0.225 e. The molecule has 3 aliphatic rings. The predicted molar refractivity (Wildman–Crippen MR) is 87.6 cm³/mol. The van der Waals surface area contributed by atoms with Gasteiger partial charge in [0, 0.05) is 51.3 Å². The second-order valence-electron chi connectivity index (χ2n) is 6.92. The smallest absolute Gasteiger partial charge is 0.225 e. The van der Waals surface area contributed by atoms with Crippen molar-refractivity contribution in [1.82, 2.24) is 14.9 Å². The Labute approximate surface area is 137 Å². The first-order valence-electron chi connectivity index (χ1n) is 8.82. The first-order chi connectivity index (χ1) is 11.3. The average molecular weight is 318 g/mol. The van der Waals surface area contributed by atoms with Crippen LogP contribution < -0.4 is 4.90 Å². The fraction of sp³-hybridized carbons (Fsp3) is 0.765. The van der Waals surface area contributed by atoms with Crippen molar-refractivity contribution in [3.8, 4) is 0 Å². The third kappa shape index (κ3) is 3.34. The molecule has 6 nitrogen and oxygen atoms in total. The zero-order valence-electron chi connectivity index (χ0n) is 13.7. The summed E-state index contributed by atoms with van der Waals surface area (Å²) in [6.07, 6.45) is 8.22. The Morgan fingerprint density at radius 1 is 1.04 bits per heavy atom. The minimum Gasteiger partial charge on any atom is -0.381 e. The third-order valence-corrected chi connectivity index (χ3v) is 5.36. The highest BCUT2D eigenvalue weighted by Gasteiger charge is 2.42. The Balaban J connectivity index is 1.46. The second-order valence-corrected chi connectivity index (χ2v) is 6.92. The summed E-state index contributed by atoms with van der Waals surface area (Å²) in [4.78, 5) is 13.8. The molecule has 3 saturated heterocycles. The molecule has 3 aliphatic heterocycles. The van der Waals surface area contributed by atoms with Crippen LogP contribution in [0.1, 0.15) is 25.7 Å². The number of morpholine rings is 1. The van der Waals surface area contributed by atoms with Crippen molar-refractivity contribution in [2.24, 2.45) is 0 Å². The van der Waals surface area contributed by atoms with E-state index in [4.69, 9.17) is 9.47 Å². The van der Waals surface area contributed by atoms with Crippen LogP contribution in [0.2, 0.25) is 0 Å². The molecule has 0 unspecified atom stereocenters. The lowest BCUT2D eigenvalue weighted by atomic mass is 9.89. The van der Waals surface area contributed by atoms with E-state index < -0.39 is 0 Å². The molecular formula is C17H26N4O2. The Kier molecular flexibility index (Phi) is 4.46. The van der Waals surface area contributed by atoms with Crippen LogP contribution in [0.5, 0.6) is 0 Å². The minimum absolute atomic E-state index is 0.0615. The van der Waals surface area contributed by atoms with Crippen LogP contribution in [0.3, 0.4) is 0 Å². The van der Waals surface area contributed by atoms with Gasteiger partial charge < -0.3 is 14.4 Å². The van der Waals surface area contributed by atoms with Gasteiger partial charge in [-0.15, -0.1) is 0 Å². The summed E-state index contributed by atoms with van der Waals surface area (Å²) in [5, 5.41) is 0. The quantitative estimate of drug-likeness (QED) is 0.820. The Hall–Kier alpha value is -1.24. The SMILES string of the molecule is c1cnc(N2CCC[C@@]3(C2)CN(C2CCOCC2)CCO3)nc1. The molecule has 0 aromatic carbocycles. The number of rotatable bonds is 2. The van der Waals surface area contributed by atoms with Crippen molar-refractivity contribution in [2.75, 3.05) is 50.9 Å². The molecule has 4 rings (SSSR count). The number of piperidine rings is 1. The fourth-order valence-electron chi connectivity index (χ4n) is 4.21. The molecule has 4 heterocycles. The first kappa shape index (κ1) is 15.3. The normalized spacial score (nSPS) is 30.7. The van der Waals surface area contributed by atoms with E-state index in [1.54, 1.807) is 0 Å². The number of ether oxygens (including phenoxy) is 2. The van der Waals surface area contributed by atoms with Crippen molar-refractivity contribution in [2.45, 2.75) is 37.3 Å². The van der Waals surface area contributed by atoms with Crippen LogP contribution in [-0.2, 0) is 9.47 Å².